The van der Waals surface area contributed by atoms with Crippen molar-refractivity contribution in [1.82, 2.24) is 0 Å². The van der Waals surface area contributed by atoms with E-state index in [1.165, 1.54) is 0 Å². The highest BCUT2D eigenvalue weighted by Crippen LogP contribution is 2.60. The van der Waals surface area contributed by atoms with Gasteiger partial charge in [-0.05, 0) is 74.9 Å². The van der Waals surface area contributed by atoms with E-state index in [0.717, 1.165) is 24.8 Å². The molecular formula is C28H29Cl2NO6. The van der Waals surface area contributed by atoms with Gasteiger partial charge in [-0.2, -0.15) is 0 Å². The summed E-state index contributed by atoms with van der Waals surface area (Å²) >= 11 is 12.4. The molecule has 4 heterocycles. The molecule has 37 heavy (non-hydrogen) atoms. The van der Waals surface area contributed by atoms with E-state index in [9.17, 15) is 4.79 Å². The smallest absolute Gasteiger partial charge is 0.379 e. The third-order valence-electron chi connectivity index (χ3n) is 8.30. The van der Waals surface area contributed by atoms with E-state index in [2.05, 4.69) is 12.2 Å². The Balaban J connectivity index is 1.31. The summed E-state index contributed by atoms with van der Waals surface area (Å²) in [6.07, 6.45) is 2.71. The van der Waals surface area contributed by atoms with Crippen LogP contribution in [0.3, 0.4) is 0 Å². The first kappa shape index (κ1) is 25.0. The fourth-order valence-electron chi connectivity index (χ4n) is 6.36. The molecular weight excluding hydrogens is 517 g/mol. The molecule has 1 N–H and O–H groups in total. The van der Waals surface area contributed by atoms with Crippen LogP contribution in [0.25, 0.3) is 0 Å². The molecule has 4 fully saturated rings. The number of halogens is 2. The minimum Gasteiger partial charge on any atom is -0.454 e. The zero-order valence-electron chi connectivity index (χ0n) is 20.9. The third-order valence-corrected chi connectivity index (χ3v) is 8.85. The Morgan fingerprint density at radius 2 is 1.89 bits per heavy atom. The van der Waals surface area contributed by atoms with Crippen LogP contribution in [0.15, 0.2) is 53.8 Å². The fourth-order valence-corrected chi connectivity index (χ4v) is 6.82. The van der Waals surface area contributed by atoms with Crippen LogP contribution in [-0.2, 0) is 24.0 Å². The van der Waals surface area contributed by atoms with Gasteiger partial charge in [0, 0.05) is 23.3 Å². The monoisotopic (exact) mass is 545 g/mol. The minimum atomic E-state index is -0.924. The number of hydrogen-bond donors (Lipinski definition) is 1. The first-order valence-electron chi connectivity index (χ1n) is 12.7. The van der Waals surface area contributed by atoms with Gasteiger partial charge in [0.2, 0.25) is 17.8 Å². The summed E-state index contributed by atoms with van der Waals surface area (Å²) in [6, 6.07) is 12.3. The van der Waals surface area contributed by atoms with Crippen molar-refractivity contribution in [3.05, 3.63) is 63.8 Å². The van der Waals surface area contributed by atoms with Gasteiger partial charge in [-0.1, -0.05) is 42.3 Å². The standard InChI is InChI=1S/C28H29Cl2NO6/c1-15-8-10-19-16(2)24(34-26-28(19)18(15)12-13-27(3,35-26)36-37-28)25(32)33-23-7-5-4-6-22(23)31-21-11-9-17(29)14-20(21)30/h4-7,9,11,14-15,18-19,26,31H,8,10,12-13H2,1-3H3/t15-,18+,19+,26?,27-,28-/m1/s1. The molecule has 0 radical (unpaired) electrons. The number of nitrogens with one attached hydrogen (secondary N) is 1. The topological polar surface area (TPSA) is 75.3 Å². The second-order valence-electron chi connectivity index (χ2n) is 10.6. The molecule has 1 saturated carbocycles. The summed E-state index contributed by atoms with van der Waals surface area (Å²) in [5.41, 5.74) is 1.22. The highest BCUT2D eigenvalue weighted by atomic mass is 35.5. The molecule has 1 spiro atoms. The Kier molecular flexibility index (Phi) is 6.20. The predicted octanol–water partition coefficient (Wildman–Crippen LogP) is 7.16. The zero-order valence-corrected chi connectivity index (χ0v) is 22.4. The van der Waals surface area contributed by atoms with Gasteiger partial charge in [-0.25, -0.2) is 14.6 Å². The number of hydrogen-bond acceptors (Lipinski definition) is 7. The van der Waals surface area contributed by atoms with Crippen LogP contribution in [0.2, 0.25) is 10.0 Å². The SMILES string of the molecule is CC1=C(C(=O)Oc2ccccc2Nc2ccc(Cl)cc2Cl)OC2O[C@@]3(C)CC[C@H]4[C@H](C)CC[C@@H]1[C@@]24OO3. The van der Waals surface area contributed by atoms with E-state index in [0.29, 0.717) is 39.5 Å². The number of anilines is 2. The Bertz CT molecular complexity index is 1280. The van der Waals surface area contributed by atoms with Gasteiger partial charge in [-0.15, -0.1) is 0 Å². The summed E-state index contributed by atoms with van der Waals surface area (Å²) in [5, 5.41) is 4.20. The van der Waals surface area contributed by atoms with Crippen LogP contribution in [0, 0.1) is 17.8 Å². The van der Waals surface area contributed by atoms with Crippen molar-refractivity contribution >= 4 is 40.5 Å². The molecule has 7 nitrogen and oxygen atoms in total. The largest absolute Gasteiger partial charge is 0.454 e. The van der Waals surface area contributed by atoms with Crippen molar-refractivity contribution in [3.63, 3.8) is 0 Å². The molecule has 2 bridgehead atoms. The summed E-state index contributed by atoms with van der Waals surface area (Å²) < 4.78 is 18.5. The predicted molar refractivity (Wildman–Crippen MR) is 138 cm³/mol. The van der Waals surface area contributed by atoms with Crippen LogP contribution < -0.4 is 10.1 Å². The first-order valence-corrected chi connectivity index (χ1v) is 13.4. The van der Waals surface area contributed by atoms with Crippen molar-refractivity contribution in [2.45, 2.75) is 64.1 Å². The summed E-state index contributed by atoms with van der Waals surface area (Å²) in [4.78, 5) is 25.5. The lowest BCUT2D eigenvalue weighted by Gasteiger charge is -2.56. The van der Waals surface area contributed by atoms with E-state index in [-0.39, 0.29) is 17.6 Å². The number of ether oxygens (including phenoxy) is 3. The lowest BCUT2D eigenvalue weighted by Crippen LogP contribution is -2.67. The summed E-state index contributed by atoms with van der Waals surface area (Å²) in [7, 11) is 0. The van der Waals surface area contributed by atoms with Crippen LogP contribution in [0.1, 0.15) is 46.5 Å². The van der Waals surface area contributed by atoms with Crippen LogP contribution >= 0.6 is 23.2 Å². The van der Waals surface area contributed by atoms with Gasteiger partial charge < -0.3 is 19.5 Å². The van der Waals surface area contributed by atoms with Gasteiger partial charge in [0.05, 0.1) is 16.4 Å². The molecule has 3 saturated heterocycles. The Morgan fingerprint density at radius 1 is 1.08 bits per heavy atom. The van der Waals surface area contributed by atoms with Crippen molar-refractivity contribution in [3.8, 4) is 5.75 Å². The van der Waals surface area contributed by atoms with Gasteiger partial charge in [-0.3, -0.25) is 0 Å². The van der Waals surface area contributed by atoms with Crippen molar-refractivity contribution in [2.75, 3.05) is 5.32 Å². The molecule has 196 valence electrons. The highest BCUT2D eigenvalue weighted by Gasteiger charge is 2.68. The molecule has 5 aliphatic rings. The molecule has 7 rings (SSSR count). The second-order valence-corrected chi connectivity index (χ2v) is 11.5. The van der Waals surface area contributed by atoms with Crippen molar-refractivity contribution in [1.29, 1.82) is 0 Å². The molecule has 0 aromatic heterocycles. The number of benzene rings is 2. The summed E-state index contributed by atoms with van der Waals surface area (Å²) in [6.45, 7) is 6.02. The van der Waals surface area contributed by atoms with E-state index in [1.807, 2.05) is 19.9 Å². The van der Waals surface area contributed by atoms with Crippen LogP contribution in [0.5, 0.6) is 5.75 Å². The van der Waals surface area contributed by atoms with E-state index in [4.69, 9.17) is 47.2 Å². The van der Waals surface area contributed by atoms with Gasteiger partial charge >= 0.3 is 5.97 Å². The maximum atomic E-state index is 13.6. The molecule has 6 atom stereocenters. The maximum Gasteiger partial charge on any atom is 0.379 e. The maximum absolute atomic E-state index is 13.6. The average Bonchev–Trinajstić information content (AvgIpc) is 3.10. The van der Waals surface area contributed by atoms with Gasteiger partial charge in [0.25, 0.3) is 0 Å². The van der Waals surface area contributed by atoms with Crippen molar-refractivity contribution < 1.29 is 28.8 Å². The van der Waals surface area contributed by atoms with Crippen molar-refractivity contribution in [2.24, 2.45) is 17.8 Å². The molecule has 1 aliphatic carbocycles. The molecule has 4 aliphatic heterocycles. The molecule has 0 amide bonds. The number of para-hydroxylation sites is 2. The number of carbonyl (C=O) groups excluding carboxylic acids is 1. The first-order chi connectivity index (χ1) is 17.7. The second kappa shape index (κ2) is 9.17. The number of fused-ring (bicyclic) bond motifs is 2. The van der Waals surface area contributed by atoms with Crippen LogP contribution in [-0.4, -0.2) is 23.6 Å². The van der Waals surface area contributed by atoms with Crippen LogP contribution in [0.4, 0.5) is 11.4 Å². The Morgan fingerprint density at radius 3 is 2.70 bits per heavy atom. The fraction of sp³-hybridized carbons (Fsp3) is 0.464. The quantitative estimate of drug-likeness (QED) is 0.248. The number of carbonyl (C=O) groups is 1. The summed E-state index contributed by atoms with van der Waals surface area (Å²) in [5.74, 6) is -0.476. The zero-order chi connectivity index (χ0) is 25.9. The third kappa shape index (κ3) is 4.12. The van der Waals surface area contributed by atoms with E-state index >= 15 is 0 Å². The number of esters is 1. The lowest BCUT2D eigenvalue weighted by molar-refractivity contribution is -0.556. The highest BCUT2D eigenvalue weighted by molar-refractivity contribution is 6.36. The van der Waals surface area contributed by atoms with E-state index < -0.39 is 23.6 Å². The molecule has 2 aromatic carbocycles. The normalized spacial score (nSPS) is 34.3. The molecule has 9 heteroatoms. The lowest BCUT2D eigenvalue weighted by atomic mass is 9.59. The average molecular weight is 546 g/mol. The molecule has 2 aromatic rings. The minimum absolute atomic E-state index is 0.0844. The van der Waals surface area contributed by atoms with Gasteiger partial charge in [0.15, 0.2) is 11.4 Å². The number of rotatable bonds is 4. The Labute approximate surface area is 225 Å². The van der Waals surface area contributed by atoms with E-state index in [1.54, 1.807) is 36.4 Å². The Hall–Kier alpha value is -2.29. The van der Waals surface area contributed by atoms with Gasteiger partial charge in [0.1, 0.15) is 0 Å². The molecule has 1 unspecified atom stereocenters.